The van der Waals surface area contributed by atoms with E-state index in [-0.39, 0.29) is 60.0 Å². The van der Waals surface area contributed by atoms with E-state index in [1.165, 1.54) is 38.6 Å². The zero-order chi connectivity index (χ0) is 38.9. The molecule has 53 heavy (non-hydrogen) atoms. The molecule has 5 N–H and O–H groups in total. The van der Waals surface area contributed by atoms with Gasteiger partial charge in [0.25, 0.3) is 11.9 Å². The lowest BCUT2D eigenvalue weighted by atomic mass is 10.0. The molecule has 4 rings (SSSR count). The van der Waals surface area contributed by atoms with Gasteiger partial charge in [-0.3, -0.25) is 15.0 Å². The third kappa shape index (κ3) is 12.6. The topological polar surface area (TPSA) is 245 Å². The minimum Gasteiger partial charge on any atom is -0.497 e. The number of ether oxygens (including phenoxy) is 6. The number of rotatable bonds is 17. The predicted octanol–water partition coefficient (Wildman–Crippen LogP) is 4.40. The van der Waals surface area contributed by atoms with Crippen molar-refractivity contribution in [2.45, 2.75) is 52.7 Å². The van der Waals surface area contributed by atoms with Crippen LogP contribution in [-0.4, -0.2) is 87.0 Å². The number of nitrogens with zero attached hydrogens (tertiary/aromatic N) is 5. The summed E-state index contributed by atoms with van der Waals surface area (Å²) in [5, 5.41) is 22.9. The maximum atomic E-state index is 16.3. The number of carbonyl (C=O) groups is 3. The Hall–Kier alpha value is -6.53. The van der Waals surface area contributed by atoms with Crippen molar-refractivity contribution in [2.24, 2.45) is 5.73 Å². The number of nitrogen functional groups attached to an aromatic ring is 1. The number of esters is 1. The summed E-state index contributed by atoms with van der Waals surface area (Å²) in [5.41, 5.74) is 6.58. The van der Waals surface area contributed by atoms with Crippen LogP contribution in [0.2, 0.25) is 0 Å². The molecule has 0 amide bonds. The molecular weight excluding hydrogens is 699 g/mol. The first-order valence-corrected chi connectivity index (χ1v) is 16.1. The number of carbonyl (C=O) groups excluding carboxylic acids is 2. The number of carboxylic acids is 1. The molecule has 2 aromatic heterocycles. The smallest absolute Gasteiger partial charge is 0.497 e. The fraction of sp³-hybridized carbons (Fsp3) is 0.353. The van der Waals surface area contributed by atoms with Crippen molar-refractivity contribution in [3.05, 3.63) is 77.6 Å². The van der Waals surface area contributed by atoms with Crippen LogP contribution in [0.15, 0.2) is 54.9 Å². The van der Waals surface area contributed by atoms with Gasteiger partial charge in [-0.05, 0) is 49.2 Å². The average molecular weight is 741 g/mol. The van der Waals surface area contributed by atoms with Gasteiger partial charge in [0.2, 0.25) is 6.79 Å². The second-order valence-corrected chi connectivity index (χ2v) is 10.7. The number of hydrogen-bond donors (Lipinski definition) is 4. The van der Waals surface area contributed by atoms with Crippen molar-refractivity contribution >= 4 is 29.6 Å². The number of nitrogens with two attached hydrogens (primary N) is 1. The van der Waals surface area contributed by atoms with Crippen LogP contribution in [0.25, 0.3) is 5.95 Å². The number of aliphatic carboxylic acids is 1. The fourth-order valence-corrected chi connectivity index (χ4v) is 4.37. The quantitative estimate of drug-likeness (QED) is 0.0385. The van der Waals surface area contributed by atoms with Crippen LogP contribution >= 0.6 is 0 Å². The molecular formula is C34H41FN8O10. The maximum Gasteiger partial charge on any atom is 0.511 e. The number of benzene rings is 2. The average Bonchev–Trinajstić information content (AvgIpc) is 3.56. The summed E-state index contributed by atoms with van der Waals surface area (Å²) in [4.78, 5) is 45.4. The Kier molecular flexibility index (Phi) is 15.7. The van der Waals surface area contributed by atoms with Crippen molar-refractivity contribution in [3.63, 3.8) is 0 Å². The first-order valence-electron chi connectivity index (χ1n) is 16.1. The number of anilines is 1. The van der Waals surface area contributed by atoms with Crippen LogP contribution in [0.4, 0.5) is 14.9 Å². The van der Waals surface area contributed by atoms with E-state index >= 15 is 4.39 Å². The van der Waals surface area contributed by atoms with Crippen LogP contribution in [0.3, 0.4) is 0 Å². The lowest BCUT2D eigenvalue weighted by molar-refractivity contribution is -0.141. The van der Waals surface area contributed by atoms with Gasteiger partial charge in [-0.15, -0.1) is 9.78 Å². The van der Waals surface area contributed by atoms with E-state index in [1.54, 1.807) is 30.3 Å². The highest BCUT2D eigenvalue weighted by atomic mass is 19.1. The van der Waals surface area contributed by atoms with Crippen LogP contribution in [0.5, 0.6) is 17.5 Å². The molecule has 0 fully saturated rings. The Balaban J connectivity index is 0.00000180. The van der Waals surface area contributed by atoms with Gasteiger partial charge in [0.05, 0.1) is 7.11 Å². The molecule has 0 aliphatic rings. The third-order valence-electron chi connectivity index (χ3n) is 6.87. The van der Waals surface area contributed by atoms with Crippen LogP contribution in [0, 0.1) is 11.2 Å². The van der Waals surface area contributed by atoms with E-state index in [4.69, 9.17) is 49.5 Å². The van der Waals surface area contributed by atoms with Crippen LogP contribution < -0.4 is 25.3 Å². The third-order valence-corrected chi connectivity index (χ3v) is 6.87. The van der Waals surface area contributed by atoms with E-state index in [9.17, 15) is 9.59 Å². The predicted molar refractivity (Wildman–Crippen MR) is 186 cm³/mol. The molecule has 1 atom stereocenters. The van der Waals surface area contributed by atoms with Crippen molar-refractivity contribution in [1.29, 1.82) is 5.41 Å². The van der Waals surface area contributed by atoms with Crippen LogP contribution in [0.1, 0.15) is 63.5 Å². The Bertz CT molecular complexity index is 1820. The molecule has 0 unspecified atom stereocenters. The maximum absolute atomic E-state index is 16.3. The van der Waals surface area contributed by atoms with E-state index in [1.807, 2.05) is 13.8 Å². The molecule has 19 heteroatoms. The minimum absolute atomic E-state index is 0.000150. The minimum atomic E-state index is -1.14. The highest BCUT2D eigenvalue weighted by Crippen LogP contribution is 2.36. The molecule has 0 aliphatic carbocycles. The Morgan fingerprint density at radius 1 is 1.02 bits per heavy atom. The Labute approximate surface area is 303 Å². The highest BCUT2D eigenvalue weighted by molar-refractivity contribution is 5.95. The van der Waals surface area contributed by atoms with Gasteiger partial charge < -0.3 is 44.6 Å². The fourth-order valence-electron chi connectivity index (χ4n) is 4.37. The molecule has 0 spiro atoms. The monoisotopic (exact) mass is 740 g/mol. The van der Waals surface area contributed by atoms with Crippen molar-refractivity contribution < 1.29 is 52.3 Å². The second-order valence-electron chi connectivity index (χ2n) is 10.7. The zero-order valence-electron chi connectivity index (χ0n) is 29.7. The van der Waals surface area contributed by atoms with E-state index in [2.05, 4.69) is 25.4 Å². The number of amidine groups is 1. The number of carboxylic acid groups (broad SMARTS) is 1. The lowest BCUT2D eigenvalue weighted by Crippen LogP contribution is -2.20. The number of hydrogen-bond acceptors (Lipinski definition) is 15. The molecule has 0 aliphatic heterocycles. The van der Waals surface area contributed by atoms with Gasteiger partial charge in [-0.2, -0.15) is 4.98 Å². The summed E-state index contributed by atoms with van der Waals surface area (Å²) in [6.07, 6.45) is 2.94. The summed E-state index contributed by atoms with van der Waals surface area (Å²) in [6.45, 7) is 5.26. The van der Waals surface area contributed by atoms with Gasteiger partial charge in [0, 0.05) is 49.1 Å². The van der Waals surface area contributed by atoms with Gasteiger partial charge in [-0.25, -0.2) is 19.2 Å². The Morgan fingerprint density at radius 2 is 1.68 bits per heavy atom. The summed E-state index contributed by atoms with van der Waals surface area (Å²) in [7, 11) is 1.41. The molecule has 0 saturated heterocycles. The molecule has 2 heterocycles. The molecule has 0 bridgehead atoms. The van der Waals surface area contributed by atoms with E-state index in [0.717, 1.165) is 11.6 Å². The summed E-state index contributed by atoms with van der Waals surface area (Å²) in [5.74, 6) is -2.17. The normalized spacial score (nSPS) is 11.0. The number of methoxy groups -OCH3 is 1. The van der Waals surface area contributed by atoms with Crippen molar-refractivity contribution in [1.82, 2.24) is 24.7 Å². The highest BCUT2D eigenvalue weighted by Gasteiger charge is 2.29. The first kappa shape index (κ1) is 40.9. The van der Waals surface area contributed by atoms with Crippen molar-refractivity contribution in [2.75, 3.05) is 32.4 Å². The zero-order valence-corrected chi connectivity index (χ0v) is 29.7. The van der Waals surface area contributed by atoms with Gasteiger partial charge >= 0.3 is 18.1 Å². The Morgan fingerprint density at radius 3 is 2.26 bits per heavy atom. The standard InChI is InChI=1S/C32H37FN8O8.C2H4O2/c1-5-22(6-2)49-32(43)48-18-47-31-39-29(40-41(31)30-36-12-7-13-37-30)27(38-21-10-8-20(9-11-21)28(34)35)24-16-23(44-4)17-25(26(24)33)46-15-14-45-19(3)42;1-2(3)4/h7-13,16-17,22,27,38H,5-6,14-15,18H2,1-4H3,(H3,34,35);1H3,(H,3,4)/t27-;/m1./s1. The van der Waals surface area contributed by atoms with Crippen LogP contribution in [-0.2, 0) is 23.8 Å². The van der Waals surface area contributed by atoms with Gasteiger partial charge in [0.15, 0.2) is 17.4 Å². The lowest BCUT2D eigenvalue weighted by Gasteiger charge is -2.21. The SMILES string of the molecule is CC(=O)O.CCC(CC)OC(=O)OCOc1nc([C@H](Nc2ccc(C(=N)N)cc2)c2cc(OC)cc(OCCOC(C)=O)c2F)nn1-c1ncccn1. The number of nitrogens with one attached hydrogen (secondary N) is 2. The van der Waals surface area contributed by atoms with Gasteiger partial charge in [0.1, 0.15) is 36.9 Å². The molecule has 284 valence electrons. The largest absolute Gasteiger partial charge is 0.511 e. The number of aromatic nitrogens is 5. The molecule has 2 aromatic carbocycles. The van der Waals surface area contributed by atoms with E-state index < -0.39 is 36.7 Å². The summed E-state index contributed by atoms with van der Waals surface area (Å²) >= 11 is 0. The van der Waals surface area contributed by atoms with E-state index in [0.29, 0.717) is 24.1 Å². The molecule has 0 radical (unpaired) electrons. The first-order chi connectivity index (χ1) is 25.4. The van der Waals surface area contributed by atoms with Gasteiger partial charge in [-0.1, -0.05) is 13.8 Å². The summed E-state index contributed by atoms with van der Waals surface area (Å²) < 4.78 is 49.5. The molecule has 4 aromatic rings. The second kappa shape index (κ2) is 20.4. The molecule has 0 saturated carbocycles. The summed E-state index contributed by atoms with van der Waals surface area (Å²) in [6, 6.07) is 9.59. The van der Waals surface area contributed by atoms with Crippen molar-refractivity contribution in [3.8, 4) is 23.5 Å². The number of halogens is 1. The molecule has 18 nitrogen and oxygen atoms in total.